The Balaban J connectivity index is 1.43. The van der Waals surface area contributed by atoms with Crippen molar-refractivity contribution in [1.82, 2.24) is 9.80 Å². The monoisotopic (exact) mass is 314 g/mol. The maximum Gasteiger partial charge on any atom is 0.222 e. The van der Waals surface area contributed by atoms with Crippen LogP contribution in [0.15, 0.2) is 30.3 Å². The summed E-state index contributed by atoms with van der Waals surface area (Å²) in [4.78, 5) is 17.0. The molecule has 0 unspecified atom stereocenters. The molecule has 1 aliphatic carbocycles. The van der Waals surface area contributed by atoms with Gasteiger partial charge < -0.3 is 4.90 Å². The van der Waals surface area contributed by atoms with Crippen molar-refractivity contribution < 1.29 is 4.79 Å². The Morgan fingerprint density at radius 1 is 1.09 bits per heavy atom. The number of benzene rings is 1. The molecule has 1 aliphatic heterocycles. The number of hydrogen-bond acceptors (Lipinski definition) is 2. The van der Waals surface area contributed by atoms with E-state index in [2.05, 4.69) is 47.1 Å². The summed E-state index contributed by atoms with van der Waals surface area (Å²) in [6.07, 6.45) is 7.30. The maximum atomic E-state index is 12.4. The van der Waals surface area contributed by atoms with Crippen LogP contribution in [0.25, 0.3) is 0 Å². The van der Waals surface area contributed by atoms with Crippen molar-refractivity contribution in [2.75, 3.05) is 26.2 Å². The highest BCUT2D eigenvalue weighted by Gasteiger charge is 2.25. The lowest BCUT2D eigenvalue weighted by Gasteiger charge is -2.38. The van der Waals surface area contributed by atoms with Crippen LogP contribution in [0, 0.1) is 5.92 Å². The quantitative estimate of drug-likeness (QED) is 0.824. The second-order valence-electron chi connectivity index (χ2n) is 7.19. The van der Waals surface area contributed by atoms with Crippen molar-refractivity contribution in [2.24, 2.45) is 5.92 Å². The first-order valence-electron chi connectivity index (χ1n) is 9.31. The molecule has 0 N–H and O–H groups in total. The van der Waals surface area contributed by atoms with E-state index in [1.807, 2.05) is 0 Å². The van der Waals surface area contributed by atoms with E-state index in [0.717, 1.165) is 44.9 Å². The van der Waals surface area contributed by atoms with E-state index >= 15 is 0 Å². The molecule has 1 saturated carbocycles. The van der Waals surface area contributed by atoms with Gasteiger partial charge in [-0.15, -0.1) is 0 Å². The van der Waals surface area contributed by atoms with E-state index in [9.17, 15) is 4.79 Å². The summed E-state index contributed by atoms with van der Waals surface area (Å²) in [5, 5.41) is 0. The van der Waals surface area contributed by atoms with Crippen LogP contribution in [-0.2, 0) is 4.79 Å². The third-order valence-corrected chi connectivity index (χ3v) is 5.74. The molecule has 2 fully saturated rings. The van der Waals surface area contributed by atoms with E-state index in [1.165, 1.54) is 31.2 Å². The van der Waals surface area contributed by atoms with Crippen LogP contribution in [0.5, 0.6) is 0 Å². The van der Waals surface area contributed by atoms with Crippen molar-refractivity contribution in [3.63, 3.8) is 0 Å². The van der Waals surface area contributed by atoms with E-state index in [-0.39, 0.29) is 0 Å². The van der Waals surface area contributed by atoms with Crippen molar-refractivity contribution in [2.45, 2.75) is 51.5 Å². The first-order chi connectivity index (χ1) is 11.2. The number of carbonyl (C=O) groups is 1. The molecule has 1 aromatic carbocycles. The molecular weight excluding hydrogens is 284 g/mol. The zero-order chi connectivity index (χ0) is 16.1. The molecule has 126 valence electrons. The Labute approximate surface area is 140 Å². The van der Waals surface area contributed by atoms with Crippen molar-refractivity contribution in [3.05, 3.63) is 35.9 Å². The first kappa shape index (κ1) is 16.5. The van der Waals surface area contributed by atoms with Crippen LogP contribution < -0.4 is 0 Å². The van der Waals surface area contributed by atoms with Gasteiger partial charge in [-0.25, -0.2) is 0 Å². The number of amides is 1. The van der Waals surface area contributed by atoms with E-state index in [0.29, 0.717) is 11.9 Å². The molecule has 1 atom stereocenters. The minimum Gasteiger partial charge on any atom is -0.340 e. The molecular formula is C20H30N2O. The molecule has 0 bridgehead atoms. The van der Waals surface area contributed by atoms with Crippen molar-refractivity contribution >= 4 is 5.91 Å². The minimum atomic E-state index is 0.379. The van der Waals surface area contributed by atoms with Crippen LogP contribution in [0.2, 0.25) is 0 Å². The van der Waals surface area contributed by atoms with Gasteiger partial charge in [-0.3, -0.25) is 9.69 Å². The summed E-state index contributed by atoms with van der Waals surface area (Å²) in [5.41, 5.74) is 1.37. The summed E-state index contributed by atoms with van der Waals surface area (Å²) < 4.78 is 0. The predicted octanol–water partition coefficient (Wildman–Crippen LogP) is 3.86. The number of rotatable bonds is 5. The molecule has 0 aromatic heterocycles. The topological polar surface area (TPSA) is 23.6 Å². The van der Waals surface area contributed by atoms with Gasteiger partial charge in [-0.2, -0.15) is 0 Å². The number of nitrogens with zero attached hydrogens (tertiary/aromatic N) is 2. The Morgan fingerprint density at radius 2 is 1.74 bits per heavy atom. The number of carbonyl (C=O) groups excluding carboxylic acids is 1. The van der Waals surface area contributed by atoms with Crippen LogP contribution in [-0.4, -0.2) is 41.9 Å². The number of piperazine rings is 1. The zero-order valence-electron chi connectivity index (χ0n) is 14.4. The van der Waals surface area contributed by atoms with Gasteiger partial charge in [0, 0.05) is 38.6 Å². The lowest BCUT2D eigenvalue weighted by Crippen LogP contribution is -2.49. The van der Waals surface area contributed by atoms with Gasteiger partial charge in [-0.1, -0.05) is 56.0 Å². The highest BCUT2D eigenvalue weighted by atomic mass is 16.2. The fourth-order valence-corrected chi connectivity index (χ4v) is 4.09. The van der Waals surface area contributed by atoms with Crippen LogP contribution in [0.1, 0.15) is 57.1 Å². The highest BCUT2D eigenvalue weighted by Crippen LogP contribution is 2.29. The summed E-state index contributed by atoms with van der Waals surface area (Å²) in [5.74, 6) is 1.20. The maximum absolute atomic E-state index is 12.4. The van der Waals surface area contributed by atoms with Crippen molar-refractivity contribution in [3.8, 4) is 0 Å². The third-order valence-electron chi connectivity index (χ3n) is 5.74. The fourth-order valence-electron chi connectivity index (χ4n) is 4.09. The number of hydrogen-bond donors (Lipinski definition) is 0. The van der Waals surface area contributed by atoms with Gasteiger partial charge in [0.15, 0.2) is 0 Å². The standard InChI is InChI=1S/C20H30N2O/c1-17(19-9-3-2-4-10-19)21-13-15-22(16-14-21)20(23)12-11-18-7-5-6-8-18/h2-4,9-10,17-18H,5-8,11-16H2,1H3/t17-/m0/s1. The Kier molecular flexibility index (Phi) is 5.71. The average molecular weight is 314 g/mol. The van der Waals surface area contributed by atoms with Crippen LogP contribution in [0.4, 0.5) is 0 Å². The van der Waals surface area contributed by atoms with Crippen molar-refractivity contribution in [1.29, 1.82) is 0 Å². The lowest BCUT2D eigenvalue weighted by molar-refractivity contribution is -0.133. The Bertz CT molecular complexity index is 488. The zero-order valence-corrected chi connectivity index (χ0v) is 14.4. The molecule has 3 rings (SSSR count). The van der Waals surface area contributed by atoms with Gasteiger partial charge in [0.2, 0.25) is 5.91 Å². The fraction of sp³-hybridized carbons (Fsp3) is 0.650. The van der Waals surface area contributed by atoms with Gasteiger partial charge in [0.1, 0.15) is 0 Å². The first-order valence-corrected chi connectivity index (χ1v) is 9.31. The van der Waals surface area contributed by atoms with Gasteiger partial charge >= 0.3 is 0 Å². The third kappa shape index (κ3) is 4.35. The van der Waals surface area contributed by atoms with Crippen LogP contribution >= 0.6 is 0 Å². The Morgan fingerprint density at radius 3 is 2.39 bits per heavy atom. The summed E-state index contributed by atoms with van der Waals surface area (Å²) in [6.45, 7) is 6.03. The second kappa shape index (κ2) is 7.96. The molecule has 23 heavy (non-hydrogen) atoms. The molecule has 3 heteroatoms. The normalized spacial score (nSPS) is 21.5. The van der Waals surface area contributed by atoms with Gasteiger partial charge in [-0.05, 0) is 24.8 Å². The molecule has 1 aromatic rings. The lowest BCUT2D eigenvalue weighted by atomic mass is 10.0. The van der Waals surface area contributed by atoms with E-state index < -0.39 is 0 Å². The van der Waals surface area contributed by atoms with Gasteiger partial charge in [0.25, 0.3) is 0 Å². The minimum absolute atomic E-state index is 0.379. The molecule has 1 saturated heterocycles. The molecule has 0 radical (unpaired) electrons. The molecule has 2 aliphatic rings. The summed E-state index contributed by atoms with van der Waals surface area (Å²) >= 11 is 0. The predicted molar refractivity (Wildman–Crippen MR) is 94.2 cm³/mol. The SMILES string of the molecule is C[C@@H](c1ccccc1)N1CCN(C(=O)CCC2CCCC2)CC1. The Hall–Kier alpha value is -1.35. The molecule has 3 nitrogen and oxygen atoms in total. The van der Waals surface area contributed by atoms with Crippen LogP contribution in [0.3, 0.4) is 0 Å². The molecule has 1 heterocycles. The second-order valence-corrected chi connectivity index (χ2v) is 7.19. The summed E-state index contributed by atoms with van der Waals surface area (Å²) in [7, 11) is 0. The largest absolute Gasteiger partial charge is 0.340 e. The van der Waals surface area contributed by atoms with E-state index in [4.69, 9.17) is 0 Å². The summed E-state index contributed by atoms with van der Waals surface area (Å²) in [6, 6.07) is 11.1. The highest BCUT2D eigenvalue weighted by molar-refractivity contribution is 5.76. The molecule has 0 spiro atoms. The van der Waals surface area contributed by atoms with E-state index in [1.54, 1.807) is 0 Å². The average Bonchev–Trinajstić information content (AvgIpc) is 3.13. The molecule has 1 amide bonds. The smallest absolute Gasteiger partial charge is 0.222 e. The van der Waals surface area contributed by atoms with Gasteiger partial charge in [0.05, 0.1) is 0 Å².